The van der Waals surface area contributed by atoms with Crippen molar-refractivity contribution in [2.45, 2.75) is 20.4 Å². The van der Waals surface area contributed by atoms with E-state index in [2.05, 4.69) is 4.98 Å². The molecule has 0 atom stereocenters. The van der Waals surface area contributed by atoms with Gasteiger partial charge in [-0.3, -0.25) is 4.57 Å². The monoisotopic (exact) mass is 310 g/mol. The molecule has 23 heavy (non-hydrogen) atoms. The summed E-state index contributed by atoms with van der Waals surface area (Å²) in [5.41, 5.74) is 5.01. The van der Waals surface area contributed by atoms with Gasteiger partial charge in [0.1, 0.15) is 0 Å². The molecular weight excluding hydrogens is 292 g/mol. The van der Waals surface area contributed by atoms with Crippen LogP contribution in [0.25, 0.3) is 11.0 Å². The second-order valence-electron chi connectivity index (χ2n) is 5.61. The summed E-state index contributed by atoms with van der Waals surface area (Å²) in [6.45, 7) is 4.52. The Kier molecular flexibility index (Phi) is 3.78. The number of esters is 1. The van der Waals surface area contributed by atoms with Gasteiger partial charge in [-0.15, -0.1) is 0 Å². The number of aryl methyl sites for hydroxylation is 2. The van der Waals surface area contributed by atoms with Crippen molar-refractivity contribution in [3.05, 3.63) is 69.1 Å². The maximum Gasteiger partial charge on any atom is 0.337 e. The smallest absolute Gasteiger partial charge is 0.337 e. The number of benzene rings is 2. The van der Waals surface area contributed by atoms with Crippen LogP contribution in [0, 0.1) is 13.8 Å². The number of aromatic amines is 1. The molecule has 0 saturated carbocycles. The van der Waals surface area contributed by atoms with E-state index in [4.69, 9.17) is 4.74 Å². The number of rotatable bonds is 3. The van der Waals surface area contributed by atoms with E-state index in [9.17, 15) is 9.59 Å². The highest BCUT2D eigenvalue weighted by molar-refractivity contribution is 5.93. The molecule has 0 spiro atoms. The highest BCUT2D eigenvalue weighted by Crippen LogP contribution is 2.18. The van der Waals surface area contributed by atoms with Crippen LogP contribution < -0.4 is 5.69 Å². The van der Waals surface area contributed by atoms with Gasteiger partial charge in [0.15, 0.2) is 0 Å². The van der Waals surface area contributed by atoms with Crippen LogP contribution in [0.3, 0.4) is 0 Å². The van der Waals surface area contributed by atoms with Gasteiger partial charge in [-0.25, -0.2) is 9.59 Å². The van der Waals surface area contributed by atoms with Crippen LogP contribution in [0.15, 0.2) is 41.2 Å². The number of nitrogens with one attached hydrogen (secondary N) is 1. The largest absolute Gasteiger partial charge is 0.465 e. The van der Waals surface area contributed by atoms with E-state index in [1.165, 1.54) is 7.11 Å². The quantitative estimate of drug-likeness (QED) is 0.757. The maximum atomic E-state index is 12.3. The molecule has 3 rings (SSSR count). The molecule has 0 aliphatic rings. The zero-order chi connectivity index (χ0) is 16.6. The van der Waals surface area contributed by atoms with Gasteiger partial charge >= 0.3 is 11.7 Å². The summed E-state index contributed by atoms with van der Waals surface area (Å²) in [7, 11) is 1.34. The summed E-state index contributed by atoms with van der Waals surface area (Å²) >= 11 is 0. The van der Waals surface area contributed by atoms with Crippen molar-refractivity contribution in [1.29, 1.82) is 0 Å². The predicted octanol–water partition coefficient (Wildman–Crippen LogP) is 2.78. The highest BCUT2D eigenvalue weighted by Gasteiger charge is 2.13. The fourth-order valence-corrected chi connectivity index (χ4v) is 2.81. The number of hydrogen-bond donors (Lipinski definition) is 1. The van der Waals surface area contributed by atoms with Gasteiger partial charge in [-0.05, 0) is 48.7 Å². The average Bonchev–Trinajstić information content (AvgIpc) is 2.85. The van der Waals surface area contributed by atoms with E-state index in [-0.39, 0.29) is 5.69 Å². The van der Waals surface area contributed by atoms with Crippen molar-refractivity contribution in [3.8, 4) is 0 Å². The van der Waals surface area contributed by atoms with E-state index in [1.54, 1.807) is 22.8 Å². The van der Waals surface area contributed by atoms with Crippen molar-refractivity contribution in [2.75, 3.05) is 7.11 Å². The minimum atomic E-state index is -0.417. The van der Waals surface area contributed by atoms with Crippen LogP contribution in [0.2, 0.25) is 0 Å². The molecule has 0 saturated heterocycles. The van der Waals surface area contributed by atoms with Crippen LogP contribution in [0.5, 0.6) is 0 Å². The van der Waals surface area contributed by atoms with Gasteiger partial charge < -0.3 is 9.72 Å². The van der Waals surface area contributed by atoms with E-state index in [0.717, 1.165) is 16.7 Å². The summed E-state index contributed by atoms with van der Waals surface area (Å²) in [6, 6.07) is 11.1. The third kappa shape index (κ3) is 2.65. The molecule has 0 fully saturated rings. The molecule has 2 aromatic carbocycles. The Bertz CT molecular complexity index is 930. The normalized spacial score (nSPS) is 10.9. The average molecular weight is 310 g/mol. The van der Waals surface area contributed by atoms with Gasteiger partial charge in [-0.2, -0.15) is 0 Å². The zero-order valence-corrected chi connectivity index (χ0v) is 13.3. The van der Waals surface area contributed by atoms with E-state index >= 15 is 0 Å². The lowest BCUT2D eigenvalue weighted by Crippen LogP contribution is -2.18. The first-order chi connectivity index (χ1) is 11.0. The summed E-state index contributed by atoms with van der Waals surface area (Å²) < 4.78 is 6.40. The number of fused-ring (bicyclic) bond motifs is 1. The molecule has 1 heterocycles. The number of methoxy groups -OCH3 is 1. The lowest BCUT2D eigenvalue weighted by atomic mass is 10.0. The maximum absolute atomic E-state index is 12.3. The third-order valence-electron chi connectivity index (χ3n) is 4.16. The summed E-state index contributed by atoms with van der Waals surface area (Å²) in [6.07, 6.45) is 0. The Morgan fingerprint density at radius 3 is 2.52 bits per heavy atom. The molecule has 0 radical (unpaired) electrons. The van der Waals surface area contributed by atoms with Crippen LogP contribution in [0.4, 0.5) is 0 Å². The number of imidazole rings is 1. The summed E-state index contributed by atoms with van der Waals surface area (Å²) in [4.78, 5) is 26.9. The zero-order valence-electron chi connectivity index (χ0n) is 13.3. The first kappa shape index (κ1) is 15.1. The molecule has 0 aliphatic carbocycles. The number of hydrogen-bond acceptors (Lipinski definition) is 3. The molecule has 118 valence electrons. The van der Waals surface area contributed by atoms with E-state index in [0.29, 0.717) is 23.1 Å². The number of H-pyrrole nitrogens is 1. The van der Waals surface area contributed by atoms with Gasteiger partial charge in [0.05, 0.1) is 30.3 Å². The van der Waals surface area contributed by atoms with Gasteiger partial charge in [0.2, 0.25) is 0 Å². The molecule has 0 unspecified atom stereocenters. The first-order valence-corrected chi connectivity index (χ1v) is 7.37. The lowest BCUT2D eigenvalue weighted by molar-refractivity contribution is 0.0601. The van der Waals surface area contributed by atoms with Crippen LogP contribution in [-0.2, 0) is 11.3 Å². The second-order valence-corrected chi connectivity index (χ2v) is 5.61. The Balaban J connectivity index is 2.15. The molecule has 1 aromatic heterocycles. The van der Waals surface area contributed by atoms with E-state index in [1.807, 2.05) is 32.0 Å². The SMILES string of the molecule is COC(=O)c1ccc2[nH]c(=O)n(Cc3c(C)cccc3C)c2c1. The number of nitrogens with zero attached hydrogens (tertiary/aromatic N) is 1. The predicted molar refractivity (Wildman–Crippen MR) is 88.9 cm³/mol. The number of ether oxygens (including phenoxy) is 1. The molecule has 1 N–H and O–H groups in total. The fourth-order valence-electron chi connectivity index (χ4n) is 2.81. The van der Waals surface area contributed by atoms with Gasteiger partial charge in [0, 0.05) is 0 Å². The molecule has 3 aromatic rings. The van der Waals surface area contributed by atoms with Crippen LogP contribution in [0.1, 0.15) is 27.0 Å². The topological polar surface area (TPSA) is 64.1 Å². The van der Waals surface area contributed by atoms with E-state index < -0.39 is 5.97 Å². The molecular formula is C18H18N2O3. The Morgan fingerprint density at radius 1 is 1.17 bits per heavy atom. The van der Waals surface area contributed by atoms with Crippen LogP contribution in [-0.4, -0.2) is 22.6 Å². The summed E-state index contributed by atoms with van der Waals surface area (Å²) in [5, 5.41) is 0. The molecule has 0 amide bonds. The standard InChI is InChI=1S/C18H18N2O3/c1-11-5-4-6-12(2)14(11)10-20-16-9-13(17(21)23-3)7-8-15(16)19-18(20)22/h4-9H,10H2,1-3H3,(H,19,22). The van der Waals surface area contributed by atoms with Crippen molar-refractivity contribution in [3.63, 3.8) is 0 Å². The lowest BCUT2D eigenvalue weighted by Gasteiger charge is -2.11. The summed E-state index contributed by atoms with van der Waals surface area (Å²) in [5.74, 6) is -0.417. The Hall–Kier alpha value is -2.82. The van der Waals surface area contributed by atoms with Crippen molar-refractivity contribution in [1.82, 2.24) is 9.55 Å². The van der Waals surface area contributed by atoms with Crippen molar-refractivity contribution < 1.29 is 9.53 Å². The molecule has 5 heteroatoms. The van der Waals surface area contributed by atoms with Crippen LogP contribution >= 0.6 is 0 Å². The van der Waals surface area contributed by atoms with Crippen molar-refractivity contribution in [2.24, 2.45) is 0 Å². The number of aromatic nitrogens is 2. The molecule has 0 aliphatic heterocycles. The molecule has 0 bridgehead atoms. The number of carbonyl (C=O) groups excluding carboxylic acids is 1. The molecule has 5 nitrogen and oxygen atoms in total. The Labute approximate surface area is 133 Å². The fraction of sp³-hybridized carbons (Fsp3) is 0.222. The van der Waals surface area contributed by atoms with Gasteiger partial charge in [0.25, 0.3) is 0 Å². The minimum absolute atomic E-state index is 0.190. The first-order valence-electron chi connectivity index (χ1n) is 7.37. The van der Waals surface area contributed by atoms with Crippen molar-refractivity contribution >= 4 is 17.0 Å². The minimum Gasteiger partial charge on any atom is -0.465 e. The highest BCUT2D eigenvalue weighted by atomic mass is 16.5. The van der Waals surface area contributed by atoms with Gasteiger partial charge in [-0.1, -0.05) is 18.2 Å². The third-order valence-corrected chi connectivity index (χ3v) is 4.16. The number of carbonyl (C=O) groups is 1. The second kappa shape index (κ2) is 5.76. The Morgan fingerprint density at radius 2 is 1.87 bits per heavy atom.